The van der Waals surface area contributed by atoms with Gasteiger partial charge in [-0.25, -0.2) is 9.38 Å². The third kappa shape index (κ3) is 4.05. The lowest BCUT2D eigenvalue weighted by Gasteiger charge is -2.10. The lowest BCUT2D eigenvalue weighted by Crippen LogP contribution is -2.22. The minimum atomic E-state index is -0.574. The smallest absolute Gasteiger partial charge is 0.261 e. The first-order valence-corrected chi connectivity index (χ1v) is 11.4. The molecule has 0 aliphatic heterocycles. The molecular formula is C25H20FN3O3S. The fraction of sp³-hybridized carbons (Fsp3) is 0.160. The van der Waals surface area contributed by atoms with Crippen molar-refractivity contribution in [2.75, 3.05) is 5.32 Å². The molecule has 0 bridgehead atoms. The van der Waals surface area contributed by atoms with Crippen molar-refractivity contribution < 1.29 is 18.4 Å². The predicted octanol–water partition coefficient (Wildman–Crippen LogP) is 5.10. The van der Waals surface area contributed by atoms with Crippen LogP contribution < -0.4 is 16.6 Å². The number of nitrogens with zero attached hydrogens (tertiary/aromatic N) is 1. The monoisotopic (exact) mass is 461 g/mol. The van der Waals surface area contributed by atoms with Gasteiger partial charge in [0.05, 0.1) is 11.3 Å². The van der Waals surface area contributed by atoms with Crippen LogP contribution in [0.1, 0.15) is 44.0 Å². The second-order valence-corrected chi connectivity index (χ2v) is 8.89. The normalized spacial score (nSPS) is 13.7. The molecule has 3 N–H and O–H groups in total. The number of aryl methyl sites for hydroxylation is 1. The van der Waals surface area contributed by atoms with Crippen LogP contribution >= 0.6 is 11.3 Å². The van der Waals surface area contributed by atoms with Gasteiger partial charge in [0.1, 0.15) is 22.0 Å². The van der Waals surface area contributed by atoms with Gasteiger partial charge in [-0.3, -0.25) is 9.59 Å². The Balaban J connectivity index is 1.69. The number of benzene rings is 2. The molecule has 2 aromatic heterocycles. The molecule has 166 valence electrons. The molecule has 0 saturated heterocycles. The molecule has 2 amide bonds. The Morgan fingerprint density at radius 2 is 1.82 bits per heavy atom. The summed E-state index contributed by atoms with van der Waals surface area (Å²) >= 11 is 1.40. The van der Waals surface area contributed by atoms with Crippen LogP contribution in [0.15, 0.2) is 64.0 Å². The van der Waals surface area contributed by atoms with Gasteiger partial charge in [-0.15, -0.1) is 11.3 Å². The Labute approximate surface area is 192 Å². The first-order chi connectivity index (χ1) is 16.0. The van der Waals surface area contributed by atoms with Crippen LogP contribution in [0.3, 0.4) is 0 Å². The number of carbonyl (C=O) groups excluding carboxylic acids is 2. The van der Waals surface area contributed by atoms with Crippen molar-refractivity contribution in [3.63, 3.8) is 0 Å². The minimum Gasteiger partial charge on any atom is -0.437 e. The second-order valence-electron chi connectivity index (χ2n) is 7.80. The number of anilines is 1. The molecule has 0 radical (unpaired) electrons. The molecule has 5 rings (SSSR count). The average molecular weight is 462 g/mol. The van der Waals surface area contributed by atoms with Gasteiger partial charge in [0.15, 0.2) is 0 Å². The standard InChI is InChI=1S/C25H20FN3O3S/c26-17-9-3-4-10-18(17)28-23(31)16-13-14-7-1-5-11-19(14)32-24(16)29-25-21(22(27)30)15-8-2-6-12-20(15)33-25/h1,3-5,7,9-11,13H,2,6,8,12H2,(H2,27,30)(H,28,31)/b29-24-. The van der Waals surface area contributed by atoms with E-state index in [2.05, 4.69) is 10.3 Å². The fourth-order valence-corrected chi connectivity index (χ4v) is 5.31. The maximum Gasteiger partial charge on any atom is 0.261 e. The van der Waals surface area contributed by atoms with Gasteiger partial charge in [0.2, 0.25) is 5.55 Å². The van der Waals surface area contributed by atoms with Gasteiger partial charge in [0, 0.05) is 10.3 Å². The van der Waals surface area contributed by atoms with Crippen molar-refractivity contribution in [2.24, 2.45) is 10.7 Å². The highest BCUT2D eigenvalue weighted by atomic mass is 32.1. The molecule has 2 aromatic carbocycles. The van der Waals surface area contributed by atoms with Crippen LogP contribution in [-0.4, -0.2) is 11.8 Å². The molecule has 1 aliphatic rings. The van der Waals surface area contributed by atoms with Gasteiger partial charge in [-0.2, -0.15) is 0 Å². The number of rotatable bonds is 4. The Morgan fingerprint density at radius 1 is 1.06 bits per heavy atom. The van der Waals surface area contributed by atoms with Gasteiger partial charge < -0.3 is 15.5 Å². The molecule has 0 fully saturated rings. The second kappa shape index (κ2) is 8.63. The Kier molecular flexibility index (Phi) is 5.51. The van der Waals surface area contributed by atoms with E-state index in [9.17, 15) is 14.0 Å². The van der Waals surface area contributed by atoms with E-state index in [1.54, 1.807) is 30.3 Å². The number of fused-ring (bicyclic) bond motifs is 2. The zero-order chi connectivity index (χ0) is 22.9. The van der Waals surface area contributed by atoms with E-state index >= 15 is 0 Å². The highest BCUT2D eigenvalue weighted by Gasteiger charge is 2.24. The zero-order valence-corrected chi connectivity index (χ0v) is 18.4. The van der Waals surface area contributed by atoms with E-state index in [4.69, 9.17) is 10.2 Å². The van der Waals surface area contributed by atoms with Crippen molar-refractivity contribution >= 4 is 44.8 Å². The number of carbonyl (C=O) groups is 2. The third-order valence-corrected chi connectivity index (χ3v) is 6.81. The first-order valence-electron chi connectivity index (χ1n) is 10.6. The van der Waals surface area contributed by atoms with Crippen LogP contribution in [0.2, 0.25) is 0 Å². The molecule has 4 aromatic rings. The number of nitrogens with two attached hydrogens (primary N) is 1. The highest BCUT2D eigenvalue weighted by Crippen LogP contribution is 2.39. The van der Waals surface area contributed by atoms with Crippen LogP contribution in [0.5, 0.6) is 0 Å². The van der Waals surface area contributed by atoms with E-state index in [0.29, 0.717) is 21.5 Å². The topological polar surface area (TPSA) is 97.7 Å². The van der Waals surface area contributed by atoms with Gasteiger partial charge in [0.25, 0.3) is 11.8 Å². The molecular weight excluding hydrogens is 441 g/mol. The fourth-order valence-electron chi connectivity index (χ4n) is 4.04. The SMILES string of the molecule is NC(=O)c1c(/N=c2\oc3ccccc3cc2C(=O)Nc2ccccc2F)sc2c1CCCC2. The number of hydrogen-bond donors (Lipinski definition) is 2. The summed E-state index contributed by atoms with van der Waals surface area (Å²) in [5.41, 5.74) is 7.76. The molecule has 6 nitrogen and oxygen atoms in total. The summed E-state index contributed by atoms with van der Waals surface area (Å²) in [4.78, 5) is 31.1. The maximum absolute atomic E-state index is 14.1. The Morgan fingerprint density at radius 3 is 2.64 bits per heavy atom. The number of primary amides is 1. The molecule has 0 atom stereocenters. The summed E-state index contributed by atoms with van der Waals surface area (Å²) in [6.07, 6.45) is 3.67. The van der Waals surface area contributed by atoms with Gasteiger partial charge in [-0.1, -0.05) is 30.3 Å². The number of thiophene rings is 1. The van der Waals surface area contributed by atoms with E-state index < -0.39 is 17.6 Å². The van der Waals surface area contributed by atoms with E-state index in [1.807, 2.05) is 12.1 Å². The lowest BCUT2D eigenvalue weighted by molar-refractivity contribution is 0.0997. The molecule has 8 heteroatoms. The lowest BCUT2D eigenvalue weighted by atomic mass is 9.95. The largest absolute Gasteiger partial charge is 0.437 e. The number of hydrogen-bond acceptors (Lipinski definition) is 5. The van der Waals surface area contributed by atoms with E-state index in [-0.39, 0.29) is 16.8 Å². The van der Waals surface area contributed by atoms with Crippen LogP contribution in [-0.2, 0) is 12.8 Å². The first kappa shape index (κ1) is 21.1. The third-order valence-electron chi connectivity index (χ3n) is 5.62. The summed E-state index contributed by atoms with van der Waals surface area (Å²) in [6.45, 7) is 0. The van der Waals surface area contributed by atoms with Crippen LogP contribution in [0, 0.1) is 5.82 Å². The van der Waals surface area contributed by atoms with Crippen molar-refractivity contribution in [3.8, 4) is 0 Å². The van der Waals surface area contributed by atoms with Crippen molar-refractivity contribution in [1.82, 2.24) is 0 Å². The minimum absolute atomic E-state index is 0.0311. The molecule has 0 unspecified atom stereocenters. The van der Waals surface area contributed by atoms with Gasteiger partial charge >= 0.3 is 0 Å². The molecule has 0 saturated carbocycles. The number of halogens is 1. The maximum atomic E-state index is 14.1. The average Bonchev–Trinajstić information content (AvgIpc) is 3.18. The van der Waals surface area contributed by atoms with Crippen LogP contribution in [0.25, 0.3) is 11.0 Å². The Hall–Kier alpha value is -3.78. The summed E-state index contributed by atoms with van der Waals surface area (Å²) in [7, 11) is 0. The summed E-state index contributed by atoms with van der Waals surface area (Å²) < 4.78 is 20.1. The zero-order valence-electron chi connectivity index (χ0n) is 17.6. The number of para-hydroxylation sites is 2. The number of nitrogens with one attached hydrogen (secondary N) is 1. The predicted molar refractivity (Wildman–Crippen MR) is 125 cm³/mol. The van der Waals surface area contributed by atoms with Crippen molar-refractivity contribution in [1.29, 1.82) is 0 Å². The molecule has 2 heterocycles. The van der Waals surface area contributed by atoms with Crippen LogP contribution in [0.4, 0.5) is 15.1 Å². The number of amides is 2. The van der Waals surface area contributed by atoms with Gasteiger partial charge in [-0.05, 0) is 55.5 Å². The molecule has 0 spiro atoms. The van der Waals surface area contributed by atoms with E-state index in [1.165, 1.54) is 23.5 Å². The highest BCUT2D eigenvalue weighted by molar-refractivity contribution is 7.16. The van der Waals surface area contributed by atoms with Crippen molar-refractivity contribution in [3.05, 3.63) is 87.5 Å². The van der Waals surface area contributed by atoms with E-state index in [0.717, 1.165) is 36.1 Å². The summed E-state index contributed by atoms with van der Waals surface area (Å²) in [5.74, 6) is -1.68. The molecule has 33 heavy (non-hydrogen) atoms. The quantitative estimate of drug-likeness (QED) is 0.443. The Bertz CT molecular complexity index is 1470. The molecule has 1 aliphatic carbocycles. The summed E-state index contributed by atoms with van der Waals surface area (Å²) in [5, 5.41) is 3.70. The summed E-state index contributed by atoms with van der Waals surface area (Å²) in [6, 6.07) is 14.8. The van der Waals surface area contributed by atoms with Crippen molar-refractivity contribution in [2.45, 2.75) is 25.7 Å².